The van der Waals surface area contributed by atoms with Gasteiger partial charge in [-0.1, -0.05) is 17.7 Å². The molecule has 0 radical (unpaired) electrons. The van der Waals surface area contributed by atoms with E-state index in [9.17, 15) is 4.79 Å². The van der Waals surface area contributed by atoms with E-state index in [0.717, 1.165) is 24.2 Å². The number of aromatic nitrogens is 2. The summed E-state index contributed by atoms with van der Waals surface area (Å²) in [5.41, 5.74) is 2.26. The number of carbonyl (C=O) groups is 1. The Hall–Kier alpha value is -1.85. The molecule has 6 heteroatoms. The van der Waals surface area contributed by atoms with Gasteiger partial charge in [0, 0.05) is 31.4 Å². The average Bonchev–Trinajstić information content (AvgIpc) is 2.85. The fraction of sp³-hybridized carbons (Fsp3) is 0.333. The lowest BCUT2D eigenvalue weighted by Crippen LogP contribution is -2.17. The summed E-state index contributed by atoms with van der Waals surface area (Å²) in [6.07, 6.45) is 3.89. The van der Waals surface area contributed by atoms with Crippen molar-refractivity contribution in [2.24, 2.45) is 0 Å². The molecule has 0 bridgehead atoms. The number of carboxylic acids is 1. The molecule has 2 aromatic rings. The minimum absolute atomic E-state index is 0.132. The average molecular weight is 308 g/mol. The van der Waals surface area contributed by atoms with Crippen LogP contribution in [0.1, 0.15) is 28.4 Å². The molecule has 1 heterocycles. The number of rotatable bonds is 6. The molecule has 1 aromatic heterocycles. The third-order valence-electron chi connectivity index (χ3n) is 3.18. The maximum atomic E-state index is 10.9. The van der Waals surface area contributed by atoms with E-state index in [0.29, 0.717) is 6.54 Å². The Morgan fingerprint density at radius 1 is 1.38 bits per heavy atom. The minimum atomic E-state index is -1.01. The van der Waals surface area contributed by atoms with Gasteiger partial charge in [0.05, 0.1) is 16.8 Å². The number of carboxylic acid groups (broad SMARTS) is 1. The highest BCUT2D eigenvalue weighted by atomic mass is 35.5. The standard InChI is InChI=1S/C15H18ClN3O2/c1-3-19-10-12(7-17-19)9-18(2)8-11-4-5-13(15(20)21)14(16)6-11/h4-7,10H,3,8-9H2,1-2H3,(H,20,21). The van der Waals surface area contributed by atoms with Crippen molar-refractivity contribution in [3.63, 3.8) is 0 Å². The molecule has 112 valence electrons. The largest absolute Gasteiger partial charge is 0.478 e. The predicted octanol–water partition coefficient (Wildman–Crippen LogP) is 2.89. The minimum Gasteiger partial charge on any atom is -0.478 e. The van der Waals surface area contributed by atoms with Crippen LogP contribution in [0.4, 0.5) is 0 Å². The van der Waals surface area contributed by atoms with Crippen LogP contribution in [0.3, 0.4) is 0 Å². The van der Waals surface area contributed by atoms with Crippen LogP contribution in [0, 0.1) is 0 Å². The van der Waals surface area contributed by atoms with Crippen molar-refractivity contribution in [2.75, 3.05) is 7.05 Å². The summed E-state index contributed by atoms with van der Waals surface area (Å²) >= 11 is 5.98. The van der Waals surface area contributed by atoms with E-state index in [-0.39, 0.29) is 10.6 Å². The smallest absolute Gasteiger partial charge is 0.337 e. The van der Waals surface area contributed by atoms with Crippen LogP contribution in [0.2, 0.25) is 5.02 Å². The number of benzene rings is 1. The lowest BCUT2D eigenvalue weighted by Gasteiger charge is -2.16. The van der Waals surface area contributed by atoms with Crippen LogP contribution < -0.4 is 0 Å². The molecule has 1 N–H and O–H groups in total. The predicted molar refractivity (Wildman–Crippen MR) is 81.5 cm³/mol. The maximum Gasteiger partial charge on any atom is 0.337 e. The second-order valence-electron chi connectivity index (χ2n) is 5.00. The van der Waals surface area contributed by atoms with Crippen LogP contribution in [-0.2, 0) is 19.6 Å². The Labute approximate surface area is 128 Å². The normalized spacial score (nSPS) is 11.0. The fourth-order valence-electron chi connectivity index (χ4n) is 2.17. The van der Waals surface area contributed by atoms with Crippen LogP contribution in [0.15, 0.2) is 30.6 Å². The molecule has 2 rings (SSSR count). The third-order valence-corrected chi connectivity index (χ3v) is 3.49. The summed E-state index contributed by atoms with van der Waals surface area (Å²) < 4.78 is 1.89. The molecule has 0 saturated heterocycles. The molecule has 0 atom stereocenters. The van der Waals surface area contributed by atoms with Crippen molar-refractivity contribution in [1.29, 1.82) is 0 Å². The van der Waals surface area contributed by atoms with Crippen molar-refractivity contribution in [1.82, 2.24) is 14.7 Å². The Morgan fingerprint density at radius 3 is 2.67 bits per heavy atom. The summed E-state index contributed by atoms with van der Waals surface area (Å²) in [5, 5.41) is 13.5. The summed E-state index contributed by atoms with van der Waals surface area (Å²) in [5.74, 6) is -1.01. The van der Waals surface area contributed by atoms with Gasteiger partial charge in [0.25, 0.3) is 0 Å². The van der Waals surface area contributed by atoms with Gasteiger partial charge in [0.2, 0.25) is 0 Å². The first-order valence-electron chi connectivity index (χ1n) is 6.71. The molecule has 0 saturated carbocycles. The molecule has 0 aliphatic rings. The quantitative estimate of drug-likeness (QED) is 0.891. The molecule has 1 aromatic carbocycles. The van der Waals surface area contributed by atoms with Gasteiger partial charge >= 0.3 is 5.97 Å². The molecular weight excluding hydrogens is 290 g/mol. The molecule has 21 heavy (non-hydrogen) atoms. The van der Waals surface area contributed by atoms with E-state index >= 15 is 0 Å². The van der Waals surface area contributed by atoms with Crippen molar-refractivity contribution in [2.45, 2.75) is 26.6 Å². The highest BCUT2D eigenvalue weighted by molar-refractivity contribution is 6.33. The summed E-state index contributed by atoms with van der Waals surface area (Å²) in [7, 11) is 2.00. The van der Waals surface area contributed by atoms with Gasteiger partial charge in [-0.05, 0) is 31.7 Å². The van der Waals surface area contributed by atoms with Gasteiger partial charge in [0.1, 0.15) is 0 Å². The summed E-state index contributed by atoms with van der Waals surface area (Å²) in [6, 6.07) is 5.04. The maximum absolute atomic E-state index is 10.9. The number of hydrogen-bond donors (Lipinski definition) is 1. The fourth-order valence-corrected chi connectivity index (χ4v) is 2.45. The van der Waals surface area contributed by atoms with E-state index < -0.39 is 5.97 Å². The lowest BCUT2D eigenvalue weighted by molar-refractivity contribution is 0.0697. The molecule has 0 fully saturated rings. The second kappa shape index (κ2) is 6.74. The first-order chi connectivity index (χ1) is 9.99. The Balaban J connectivity index is 2.00. The van der Waals surface area contributed by atoms with Gasteiger partial charge in [-0.25, -0.2) is 4.79 Å². The van der Waals surface area contributed by atoms with Gasteiger partial charge < -0.3 is 5.11 Å². The number of aryl methyl sites for hydroxylation is 1. The SMILES string of the molecule is CCn1cc(CN(C)Cc2ccc(C(=O)O)c(Cl)c2)cn1. The van der Waals surface area contributed by atoms with Gasteiger partial charge in [-0.15, -0.1) is 0 Å². The second-order valence-corrected chi connectivity index (χ2v) is 5.40. The van der Waals surface area contributed by atoms with Crippen molar-refractivity contribution in [3.8, 4) is 0 Å². The number of aromatic carboxylic acids is 1. The molecule has 0 aliphatic heterocycles. The Kier molecular flexibility index (Phi) is 4.98. The molecular formula is C15H18ClN3O2. The number of nitrogens with zero attached hydrogens (tertiary/aromatic N) is 3. The third kappa shape index (κ3) is 4.06. The summed E-state index contributed by atoms with van der Waals surface area (Å²) in [4.78, 5) is 13.1. The Morgan fingerprint density at radius 2 is 2.10 bits per heavy atom. The topological polar surface area (TPSA) is 58.4 Å². The zero-order valence-electron chi connectivity index (χ0n) is 12.1. The van der Waals surface area contributed by atoms with E-state index in [1.54, 1.807) is 18.2 Å². The van der Waals surface area contributed by atoms with Crippen LogP contribution in [0.25, 0.3) is 0 Å². The van der Waals surface area contributed by atoms with E-state index in [1.807, 2.05) is 31.0 Å². The van der Waals surface area contributed by atoms with E-state index in [2.05, 4.69) is 10.00 Å². The van der Waals surface area contributed by atoms with Gasteiger partial charge in [-0.3, -0.25) is 9.58 Å². The van der Waals surface area contributed by atoms with Crippen LogP contribution in [-0.4, -0.2) is 32.8 Å². The highest BCUT2D eigenvalue weighted by Crippen LogP contribution is 2.19. The first kappa shape index (κ1) is 15.5. The van der Waals surface area contributed by atoms with Gasteiger partial charge in [0.15, 0.2) is 0 Å². The lowest BCUT2D eigenvalue weighted by atomic mass is 10.1. The molecule has 0 aliphatic carbocycles. The van der Waals surface area contributed by atoms with Crippen LogP contribution >= 0.6 is 11.6 Å². The first-order valence-corrected chi connectivity index (χ1v) is 7.09. The molecule has 0 amide bonds. The molecule has 0 unspecified atom stereocenters. The monoisotopic (exact) mass is 307 g/mol. The number of halogens is 1. The summed E-state index contributed by atoms with van der Waals surface area (Å²) in [6.45, 7) is 4.37. The molecule has 5 nitrogen and oxygen atoms in total. The zero-order valence-corrected chi connectivity index (χ0v) is 12.8. The Bertz CT molecular complexity index is 640. The van der Waals surface area contributed by atoms with Crippen LogP contribution in [0.5, 0.6) is 0 Å². The van der Waals surface area contributed by atoms with E-state index in [1.165, 1.54) is 0 Å². The van der Waals surface area contributed by atoms with Crippen molar-refractivity contribution < 1.29 is 9.90 Å². The zero-order chi connectivity index (χ0) is 15.4. The van der Waals surface area contributed by atoms with Gasteiger partial charge in [-0.2, -0.15) is 5.10 Å². The highest BCUT2D eigenvalue weighted by Gasteiger charge is 2.10. The van der Waals surface area contributed by atoms with E-state index in [4.69, 9.17) is 16.7 Å². The number of hydrogen-bond acceptors (Lipinski definition) is 3. The van der Waals surface area contributed by atoms with Crippen molar-refractivity contribution >= 4 is 17.6 Å². The van der Waals surface area contributed by atoms with Crippen molar-refractivity contribution in [3.05, 3.63) is 52.3 Å². The molecule has 0 spiro atoms.